The number of nitrogens with one attached hydrogen (secondary N) is 1. The van der Waals surface area contributed by atoms with Crippen molar-refractivity contribution < 1.29 is 14.3 Å². The SMILES string of the molecule is CC(C)(C)[Si](C)(C)OC1C(=CC#N)C(n2ccc(=O)[nH]c2=O)OC1CO. The summed E-state index contributed by atoms with van der Waals surface area (Å²) in [5.74, 6) is 0. The van der Waals surface area contributed by atoms with Crippen LogP contribution in [0.25, 0.3) is 0 Å². The van der Waals surface area contributed by atoms with Crippen LogP contribution in [-0.4, -0.2) is 41.8 Å². The standard InChI is InChI=1S/C17H25N3O5Si/c1-17(2,3)26(4,5)25-14-11(6-8-18)15(24-12(14)10-21)20-9-7-13(22)19-16(20)23/h6-7,9,12,14-15,21H,10H2,1-5H3,(H,19,22,23). The van der Waals surface area contributed by atoms with E-state index in [1.807, 2.05) is 6.07 Å². The Morgan fingerprint density at radius 2 is 2.12 bits per heavy atom. The molecule has 26 heavy (non-hydrogen) atoms. The van der Waals surface area contributed by atoms with E-state index in [1.54, 1.807) is 0 Å². The Labute approximate surface area is 152 Å². The van der Waals surface area contributed by atoms with E-state index in [9.17, 15) is 20.0 Å². The van der Waals surface area contributed by atoms with Gasteiger partial charge in [-0.1, -0.05) is 20.8 Å². The molecule has 0 bridgehead atoms. The molecule has 1 aromatic rings. The smallest absolute Gasteiger partial charge is 0.330 e. The molecule has 0 radical (unpaired) electrons. The van der Waals surface area contributed by atoms with Gasteiger partial charge in [-0.2, -0.15) is 5.26 Å². The molecule has 0 saturated carbocycles. The quantitative estimate of drug-likeness (QED) is 0.601. The van der Waals surface area contributed by atoms with E-state index in [-0.39, 0.29) is 11.6 Å². The number of aromatic amines is 1. The number of aromatic nitrogens is 2. The molecule has 1 aliphatic rings. The molecule has 9 heteroatoms. The zero-order valence-electron chi connectivity index (χ0n) is 15.6. The van der Waals surface area contributed by atoms with Crippen molar-refractivity contribution in [3.05, 3.63) is 44.8 Å². The van der Waals surface area contributed by atoms with Gasteiger partial charge >= 0.3 is 5.69 Å². The topological polar surface area (TPSA) is 117 Å². The Balaban J connectivity index is 2.49. The first-order valence-corrected chi connectivity index (χ1v) is 11.3. The molecule has 1 aliphatic heterocycles. The summed E-state index contributed by atoms with van der Waals surface area (Å²) in [6.45, 7) is 10.0. The van der Waals surface area contributed by atoms with Crippen molar-refractivity contribution in [1.29, 1.82) is 5.26 Å². The van der Waals surface area contributed by atoms with Gasteiger partial charge in [-0.15, -0.1) is 0 Å². The fourth-order valence-electron chi connectivity index (χ4n) is 2.51. The maximum absolute atomic E-state index is 12.1. The second-order valence-electron chi connectivity index (χ2n) is 7.80. The van der Waals surface area contributed by atoms with Crippen molar-refractivity contribution in [1.82, 2.24) is 9.55 Å². The van der Waals surface area contributed by atoms with E-state index in [1.165, 1.54) is 22.9 Å². The van der Waals surface area contributed by atoms with E-state index in [0.717, 1.165) is 0 Å². The molecule has 1 aromatic heterocycles. The molecule has 2 heterocycles. The highest BCUT2D eigenvalue weighted by atomic mass is 28.4. The van der Waals surface area contributed by atoms with Gasteiger partial charge in [-0.25, -0.2) is 4.79 Å². The lowest BCUT2D eigenvalue weighted by atomic mass is 10.1. The van der Waals surface area contributed by atoms with Crippen LogP contribution < -0.4 is 11.2 Å². The van der Waals surface area contributed by atoms with Crippen LogP contribution in [0.3, 0.4) is 0 Å². The fraction of sp³-hybridized carbons (Fsp3) is 0.588. The first-order chi connectivity index (χ1) is 12.0. The summed E-state index contributed by atoms with van der Waals surface area (Å²) in [6, 6.07) is 3.16. The molecule has 0 aromatic carbocycles. The predicted molar refractivity (Wildman–Crippen MR) is 98.1 cm³/mol. The normalized spacial score (nSPS) is 25.4. The zero-order chi connectivity index (χ0) is 19.7. The molecule has 3 unspecified atom stereocenters. The summed E-state index contributed by atoms with van der Waals surface area (Å²) in [6.07, 6.45) is 0.304. The highest BCUT2D eigenvalue weighted by Crippen LogP contribution is 2.42. The molecular formula is C17H25N3O5Si. The van der Waals surface area contributed by atoms with Gasteiger partial charge in [-0.3, -0.25) is 14.3 Å². The van der Waals surface area contributed by atoms with E-state index in [4.69, 9.17) is 9.16 Å². The summed E-state index contributed by atoms with van der Waals surface area (Å²) >= 11 is 0. The molecule has 3 atom stereocenters. The number of nitrogens with zero attached hydrogens (tertiary/aromatic N) is 2. The molecule has 2 N–H and O–H groups in total. The molecule has 1 saturated heterocycles. The number of aliphatic hydroxyl groups is 1. The molecule has 0 aliphatic carbocycles. The van der Waals surface area contributed by atoms with E-state index in [0.29, 0.717) is 5.57 Å². The second-order valence-corrected chi connectivity index (χ2v) is 12.6. The predicted octanol–water partition coefficient (Wildman–Crippen LogP) is 1.27. The molecule has 8 nitrogen and oxygen atoms in total. The van der Waals surface area contributed by atoms with Gasteiger partial charge < -0.3 is 14.3 Å². The van der Waals surface area contributed by atoms with Gasteiger partial charge in [0, 0.05) is 23.9 Å². The maximum atomic E-state index is 12.1. The number of hydrogen-bond donors (Lipinski definition) is 2. The number of rotatable bonds is 4. The molecular weight excluding hydrogens is 354 g/mol. The van der Waals surface area contributed by atoms with E-state index in [2.05, 4.69) is 38.8 Å². The molecule has 0 amide bonds. The van der Waals surface area contributed by atoms with Crippen LogP contribution in [0.4, 0.5) is 0 Å². The first-order valence-electron chi connectivity index (χ1n) is 8.37. The number of hydrogen-bond acceptors (Lipinski definition) is 6. The van der Waals surface area contributed by atoms with E-state index >= 15 is 0 Å². The van der Waals surface area contributed by atoms with Gasteiger partial charge in [0.05, 0.1) is 12.7 Å². The lowest BCUT2D eigenvalue weighted by Gasteiger charge is -2.39. The lowest BCUT2D eigenvalue weighted by molar-refractivity contribution is -0.0424. The summed E-state index contributed by atoms with van der Waals surface area (Å²) in [7, 11) is -2.24. The van der Waals surface area contributed by atoms with Gasteiger partial charge in [0.15, 0.2) is 14.5 Å². The number of H-pyrrole nitrogens is 1. The van der Waals surface area contributed by atoms with Crippen LogP contribution in [0.15, 0.2) is 33.5 Å². The monoisotopic (exact) mass is 379 g/mol. The highest BCUT2D eigenvalue weighted by Gasteiger charge is 2.47. The zero-order valence-corrected chi connectivity index (χ0v) is 16.6. The summed E-state index contributed by atoms with van der Waals surface area (Å²) in [4.78, 5) is 25.6. The summed E-state index contributed by atoms with van der Waals surface area (Å²) in [5.41, 5.74) is -0.732. The van der Waals surface area contributed by atoms with Gasteiger partial charge in [0.1, 0.15) is 12.2 Å². The number of allylic oxidation sites excluding steroid dienone is 1. The number of ether oxygens (including phenoxy) is 1. The van der Waals surface area contributed by atoms with Crippen LogP contribution in [-0.2, 0) is 9.16 Å². The minimum atomic E-state index is -2.24. The Morgan fingerprint density at radius 1 is 1.46 bits per heavy atom. The first kappa shape index (κ1) is 20.3. The van der Waals surface area contributed by atoms with Crippen LogP contribution in [0.5, 0.6) is 0 Å². The van der Waals surface area contributed by atoms with Crippen LogP contribution >= 0.6 is 0 Å². The van der Waals surface area contributed by atoms with Crippen LogP contribution in [0.2, 0.25) is 18.1 Å². The average Bonchev–Trinajstić information content (AvgIpc) is 2.84. The van der Waals surface area contributed by atoms with E-state index < -0.39 is 38.0 Å². The van der Waals surface area contributed by atoms with Crippen molar-refractivity contribution in [2.24, 2.45) is 0 Å². The lowest BCUT2D eigenvalue weighted by Crippen LogP contribution is -2.47. The van der Waals surface area contributed by atoms with Gasteiger partial charge in [0.2, 0.25) is 0 Å². The highest BCUT2D eigenvalue weighted by molar-refractivity contribution is 6.74. The van der Waals surface area contributed by atoms with Crippen molar-refractivity contribution in [2.45, 2.75) is 57.3 Å². The van der Waals surface area contributed by atoms with Gasteiger partial charge in [0.25, 0.3) is 5.56 Å². The third-order valence-corrected chi connectivity index (χ3v) is 9.45. The molecule has 2 rings (SSSR count). The van der Waals surface area contributed by atoms with Crippen molar-refractivity contribution in [3.63, 3.8) is 0 Å². The average molecular weight is 379 g/mol. The van der Waals surface area contributed by atoms with Crippen molar-refractivity contribution >= 4 is 8.32 Å². The Bertz CT molecular complexity index is 843. The van der Waals surface area contributed by atoms with Crippen molar-refractivity contribution in [2.75, 3.05) is 6.61 Å². The van der Waals surface area contributed by atoms with Crippen molar-refractivity contribution in [3.8, 4) is 6.07 Å². The third kappa shape index (κ3) is 3.88. The Morgan fingerprint density at radius 3 is 2.62 bits per heavy atom. The van der Waals surface area contributed by atoms with Crippen LogP contribution in [0, 0.1) is 11.3 Å². The Kier molecular flexibility index (Phi) is 5.72. The Hall–Kier alpha value is -1.99. The molecule has 142 valence electrons. The summed E-state index contributed by atoms with van der Waals surface area (Å²) < 4.78 is 13.4. The summed E-state index contributed by atoms with van der Waals surface area (Å²) in [5, 5.41) is 18.9. The second kappa shape index (κ2) is 7.32. The largest absolute Gasteiger partial charge is 0.407 e. The minimum Gasteiger partial charge on any atom is -0.407 e. The maximum Gasteiger partial charge on any atom is 0.330 e. The minimum absolute atomic E-state index is 0.0856. The van der Waals surface area contributed by atoms with Gasteiger partial charge in [-0.05, 0) is 18.1 Å². The molecule has 0 spiro atoms. The number of nitriles is 1. The van der Waals surface area contributed by atoms with Crippen LogP contribution in [0.1, 0.15) is 27.0 Å². The number of aliphatic hydroxyl groups excluding tert-OH is 1. The fourth-order valence-corrected chi connectivity index (χ4v) is 3.79. The molecule has 1 fully saturated rings. The third-order valence-electron chi connectivity index (χ3n) is 5.00.